The molecular formula is C28H24FN9O. The number of hydrogen-bond acceptors (Lipinski definition) is 7. The van der Waals surface area contributed by atoms with Crippen molar-refractivity contribution in [3.8, 4) is 28.6 Å². The van der Waals surface area contributed by atoms with Crippen molar-refractivity contribution in [3.63, 3.8) is 0 Å². The van der Waals surface area contributed by atoms with Crippen molar-refractivity contribution in [2.75, 3.05) is 31.1 Å². The maximum atomic E-state index is 13.2. The molecule has 0 N–H and O–H groups in total. The standard InChI is InChI=1S/C28H24FN9O/c1-35-17-22(16-32-35)24-18-38-28(21(13-30)15-33-38)27(34-24)20-4-7-25(31-14-20)36-8-10-37(11-9-36)26(39)12-19-2-5-23(29)6-3-19/h2-7,14-18H,8-12H2,1H3. The minimum Gasteiger partial charge on any atom is -0.353 e. The van der Waals surface area contributed by atoms with Crippen LogP contribution in [-0.2, 0) is 18.3 Å². The average Bonchev–Trinajstić information content (AvgIpc) is 3.60. The van der Waals surface area contributed by atoms with Gasteiger partial charge in [-0.25, -0.2) is 18.9 Å². The van der Waals surface area contributed by atoms with Gasteiger partial charge in [0.25, 0.3) is 0 Å². The number of fused-ring (bicyclic) bond motifs is 1. The summed E-state index contributed by atoms with van der Waals surface area (Å²) in [6, 6.07) is 12.1. The average molecular weight is 522 g/mol. The van der Waals surface area contributed by atoms with E-state index in [9.17, 15) is 14.4 Å². The zero-order valence-electron chi connectivity index (χ0n) is 21.2. The van der Waals surface area contributed by atoms with Crippen molar-refractivity contribution >= 4 is 17.2 Å². The van der Waals surface area contributed by atoms with E-state index in [0.717, 1.165) is 22.5 Å². The van der Waals surface area contributed by atoms with Crippen LogP contribution in [0.5, 0.6) is 0 Å². The van der Waals surface area contributed by atoms with Crippen molar-refractivity contribution in [2.24, 2.45) is 7.05 Å². The zero-order chi connectivity index (χ0) is 26.9. The number of hydrogen-bond donors (Lipinski definition) is 0. The second kappa shape index (κ2) is 9.98. The number of anilines is 1. The highest BCUT2D eigenvalue weighted by molar-refractivity contribution is 5.83. The summed E-state index contributed by atoms with van der Waals surface area (Å²) < 4.78 is 16.5. The third-order valence-electron chi connectivity index (χ3n) is 6.86. The molecule has 5 heterocycles. The first-order valence-corrected chi connectivity index (χ1v) is 12.5. The van der Waals surface area contributed by atoms with Crippen LogP contribution < -0.4 is 4.90 Å². The van der Waals surface area contributed by atoms with E-state index in [1.54, 1.807) is 39.9 Å². The van der Waals surface area contributed by atoms with Gasteiger partial charge in [-0.15, -0.1) is 0 Å². The van der Waals surface area contributed by atoms with Crippen molar-refractivity contribution in [3.05, 3.63) is 84.3 Å². The molecule has 4 aromatic heterocycles. The molecule has 194 valence electrons. The van der Waals surface area contributed by atoms with E-state index in [1.807, 2.05) is 30.3 Å². The van der Waals surface area contributed by atoms with E-state index >= 15 is 0 Å². The molecule has 1 aromatic carbocycles. The molecular weight excluding hydrogens is 497 g/mol. The van der Waals surface area contributed by atoms with Crippen LogP contribution in [0.1, 0.15) is 11.1 Å². The molecule has 1 amide bonds. The number of aromatic nitrogens is 6. The maximum Gasteiger partial charge on any atom is 0.227 e. The summed E-state index contributed by atoms with van der Waals surface area (Å²) in [7, 11) is 1.84. The number of benzene rings is 1. The van der Waals surface area contributed by atoms with Crippen molar-refractivity contribution in [2.45, 2.75) is 6.42 Å². The van der Waals surface area contributed by atoms with Gasteiger partial charge in [0.1, 0.15) is 28.8 Å². The molecule has 10 nitrogen and oxygen atoms in total. The lowest BCUT2D eigenvalue weighted by Crippen LogP contribution is -2.49. The Balaban J connectivity index is 1.20. The Bertz CT molecular complexity index is 1690. The summed E-state index contributed by atoms with van der Waals surface area (Å²) in [5.41, 5.74) is 4.75. The maximum absolute atomic E-state index is 13.2. The smallest absolute Gasteiger partial charge is 0.227 e. The molecule has 0 saturated carbocycles. The molecule has 0 aliphatic carbocycles. The number of piperazine rings is 1. The molecule has 0 atom stereocenters. The lowest BCUT2D eigenvalue weighted by Gasteiger charge is -2.35. The Hall–Kier alpha value is -5.11. The van der Waals surface area contributed by atoms with Gasteiger partial charge in [-0.2, -0.15) is 15.5 Å². The molecule has 5 aromatic rings. The second-order valence-electron chi connectivity index (χ2n) is 9.42. The number of rotatable bonds is 5. The Morgan fingerprint density at radius 2 is 1.77 bits per heavy atom. The Kier molecular flexibility index (Phi) is 6.20. The Morgan fingerprint density at radius 1 is 0.974 bits per heavy atom. The number of carbonyl (C=O) groups excluding carboxylic acids is 1. The van der Waals surface area contributed by atoms with Crippen LogP contribution in [0.2, 0.25) is 0 Å². The summed E-state index contributed by atoms with van der Waals surface area (Å²) >= 11 is 0. The molecule has 0 spiro atoms. The molecule has 1 saturated heterocycles. The summed E-state index contributed by atoms with van der Waals surface area (Å²) in [4.78, 5) is 26.3. The first kappa shape index (κ1) is 24.2. The lowest BCUT2D eigenvalue weighted by molar-refractivity contribution is -0.130. The largest absolute Gasteiger partial charge is 0.353 e. The van der Waals surface area contributed by atoms with Gasteiger partial charge < -0.3 is 9.80 Å². The van der Waals surface area contributed by atoms with Crippen molar-refractivity contribution in [1.82, 2.24) is 34.3 Å². The topological polar surface area (TPSA) is 108 Å². The quantitative estimate of drug-likeness (QED) is 0.350. The fourth-order valence-electron chi connectivity index (χ4n) is 4.78. The predicted molar refractivity (Wildman–Crippen MR) is 142 cm³/mol. The van der Waals surface area contributed by atoms with Gasteiger partial charge in [-0.05, 0) is 29.8 Å². The van der Waals surface area contributed by atoms with Gasteiger partial charge in [-0.3, -0.25) is 9.48 Å². The highest BCUT2D eigenvalue weighted by atomic mass is 19.1. The number of aryl methyl sites for hydroxylation is 1. The first-order valence-electron chi connectivity index (χ1n) is 12.5. The Morgan fingerprint density at radius 3 is 2.44 bits per heavy atom. The number of pyridine rings is 1. The number of nitriles is 1. The molecule has 39 heavy (non-hydrogen) atoms. The van der Waals surface area contributed by atoms with Gasteiger partial charge in [-0.1, -0.05) is 12.1 Å². The Labute approximate surface area is 223 Å². The molecule has 1 fully saturated rings. The highest BCUT2D eigenvalue weighted by Gasteiger charge is 2.23. The SMILES string of the molecule is Cn1cc(-c2cn3ncc(C#N)c3c(-c3ccc(N4CCN(C(=O)Cc5ccc(F)cc5)CC4)nc3)n2)cn1. The predicted octanol–water partition coefficient (Wildman–Crippen LogP) is 3.09. The van der Waals surface area contributed by atoms with E-state index in [0.29, 0.717) is 48.6 Å². The van der Waals surface area contributed by atoms with Crippen molar-refractivity contribution in [1.29, 1.82) is 5.26 Å². The van der Waals surface area contributed by atoms with Crippen LogP contribution >= 0.6 is 0 Å². The minimum absolute atomic E-state index is 0.0299. The van der Waals surface area contributed by atoms with Crippen LogP contribution in [0.4, 0.5) is 10.2 Å². The molecule has 1 aliphatic rings. The van der Waals surface area contributed by atoms with E-state index in [2.05, 4.69) is 21.2 Å². The highest BCUT2D eigenvalue weighted by Crippen LogP contribution is 2.29. The van der Waals surface area contributed by atoms with Gasteiger partial charge in [0.15, 0.2) is 0 Å². The zero-order valence-corrected chi connectivity index (χ0v) is 21.2. The summed E-state index contributed by atoms with van der Waals surface area (Å²) in [6.45, 7) is 2.48. The molecule has 0 bridgehead atoms. The molecule has 0 radical (unpaired) electrons. The third kappa shape index (κ3) is 4.80. The lowest BCUT2D eigenvalue weighted by atomic mass is 10.1. The van der Waals surface area contributed by atoms with E-state index in [4.69, 9.17) is 9.97 Å². The van der Waals surface area contributed by atoms with E-state index in [1.165, 1.54) is 18.3 Å². The molecule has 1 aliphatic heterocycles. The number of carbonyl (C=O) groups is 1. The van der Waals surface area contributed by atoms with Gasteiger partial charge in [0, 0.05) is 56.7 Å². The van der Waals surface area contributed by atoms with Gasteiger partial charge in [0.05, 0.1) is 36.4 Å². The monoisotopic (exact) mass is 521 g/mol. The summed E-state index contributed by atoms with van der Waals surface area (Å²) in [6.07, 6.45) is 8.94. The number of halogens is 1. The van der Waals surface area contributed by atoms with Crippen LogP contribution in [0, 0.1) is 17.1 Å². The van der Waals surface area contributed by atoms with Crippen LogP contribution in [0.3, 0.4) is 0 Å². The second-order valence-corrected chi connectivity index (χ2v) is 9.42. The van der Waals surface area contributed by atoms with Gasteiger partial charge >= 0.3 is 0 Å². The number of nitrogens with zero attached hydrogens (tertiary/aromatic N) is 9. The summed E-state index contributed by atoms with van der Waals surface area (Å²) in [5.74, 6) is 0.524. The number of amides is 1. The van der Waals surface area contributed by atoms with E-state index < -0.39 is 0 Å². The van der Waals surface area contributed by atoms with Crippen LogP contribution in [0.15, 0.2) is 67.4 Å². The normalized spacial score (nSPS) is 13.6. The first-order chi connectivity index (χ1) is 19.0. The fraction of sp³-hybridized carbons (Fsp3) is 0.214. The van der Waals surface area contributed by atoms with Crippen LogP contribution in [-0.4, -0.2) is 66.3 Å². The minimum atomic E-state index is -0.310. The molecule has 0 unspecified atom stereocenters. The molecule has 11 heteroatoms. The molecule has 6 rings (SSSR count). The van der Waals surface area contributed by atoms with Crippen LogP contribution in [0.25, 0.3) is 28.0 Å². The summed E-state index contributed by atoms with van der Waals surface area (Å²) in [5, 5.41) is 18.2. The van der Waals surface area contributed by atoms with E-state index in [-0.39, 0.29) is 18.1 Å². The van der Waals surface area contributed by atoms with Crippen molar-refractivity contribution < 1.29 is 9.18 Å². The van der Waals surface area contributed by atoms with Gasteiger partial charge in [0.2, 0.25) is 5.91 Å². The third-order valence-corrected chi connectivity index (χ3v) is 6.86. The fourth-order valence-corrected chi connectivity index (χ4v) is 4.78.